The molecule has 3 rings (SSSR count). The zero-order chi connectivity index (χ0) is 14.7. The van der Waals surface area contributed by atoms with Crippen LogP contribution in [0.3, 0.4) is 0 Å². The van der Waals surface area contributed by atoms with Crippen LogP contribution in [0.5, 0.6) is 0 Å². The Morgan fingerprint density at radius 3 is 2.71 bits per heavy atom. The summed E-state index contributed by atoms with van der Waals surface area (Å²) in [6, 6.07) is 14.9. The molecule has 6 nitrogen and oxygen atoms in total. The average molecular weight is 277 g/mol. The fourth-order valence-electron chi connectivity index (χ4n) is 1.99. The fraction of sp³-hybridized carbons (Fsp3) is 0.0667. The first-order valence-electron chi connectivity index (χ1n) is 6.32. The standard InChI is InChI=1S/C15H11N5O/c1-10-4-2-5-11(8-10)14-17-15(21-19-14)12-6-3-7-13(9-12)18-20-16/h2-9H,1H3. The van der Waals surface area contributed by atoms with Gasteiger partial charge in [-0.05, 0) is 30.7 Å². The van der Waals surface area contributed by atoms with Crippen molar-refractivity contribution in [1.29, 1.82) is 0 Å². The molecule has 0 saturated heterocycles. The quantitative estimate of drug-likeness (QED) is 0.396. The molecule has 0 aliphatic rings. The van der Waals surface area contributed by atoms with Crippen molar-refractivity contribution in [2.75, 3.05) is 0 Å². The van der Waals surface area contributed by atoms with Crippen molar-refractivity contribution < 1.29 is 4.52 Å². The van der Waals surface area contributed by atoms with Gasteiger partial charge in [-0.2, -0.15) is 4.98 Å². The Morgan fingerprint density at radius 1 is 1.10 bits per heavy atom. The third-order valence-corrected chi connectivity index (χ3v) is 2.96. The van der Waals surface area contributed by atoms with Crippen LogP contribution in [-0.4, -0.2) is 10.1 Å². The molecule has 0 radical (unpaired) electrons. The van der Waals surface area contributed by atoms with E-state index in [9.17, 15) is 0 Å². The highest BCUT2D eigenvalue weighted by Crippen LogP contribution is 2.25. The van der Waals surface area contributed by atoms with Gasteiger partial charge in [-0.3, -0.25) is 0 Å². The molecule has 102 valence electrons. The highest BCUT2D eigenvalue weighted by atomic mass is 16.5. The normalized spacial score (nSPS) is 10.1. The zero-order valence-electron chi connectivity index (χ0n) is 11.3. The van der Waals surface area contributed by atoms with Gasteiger partial charge < -0.3 is 4.52 Å². The summed E-state index contributed by atoms with van der Waals surface area (Å²) < 4.78 is 5.28. The molecule has 0 bridgehead atoms. The summed E-state index contributed by atoms with van der Waals surface area (Å²) in [5, 5.41) is 7.55. The molecule has 0 N–H and O–H groups in total. The van der Waals surface area contributed by atoms with E-state index in [-0.39, 0.29) is 0 Å². The van der Waals surface area contributed by atoms with Gasteiger partial charge in [0.2, 0.25) is 5.82 Å². The smallest absolute Gasteiger partial charge is 0.258 e. The third-order valence-electron chi connectivity index (χ3n) is 2.96. The van der Waals surface area contributed by atoms with E-state index in [1.165, 1.54) is 0 Å². The van der Waals surface area contributed by atoms with Crippen molar-refractivity contribution in [3.8, 4) is 22.8 Å². The summed E-state index contributed by atoms with van der Waals surface area (Å²) in [5.74, 6) is 0.921. The van der Waals surface area contributed by atoms with Gasteiger partial charge in [-0.15, -0.1) is 0 Å². The molecule has 0 atom stereocenters. The van der Waals surface area contributed by atoms with Crippen LogP contribution in [0.2, 0.25) is 0 Å². The SMILES string of the molecule is Cc1cccc(-c2noc(-c3cccc(N=[N+]=[N-])c3)n2)c1. The molecule has 0 saturated carbocycles. The van der Waals surface area contributed by atoms with Crippen molar-refractivity contribution in [2.45, 2.75) is 6.92 Å². The van der Waals surface area contributed by atoms with Crippen molar-refractivity contribution in [2.24, 2.45) is 5.11 Å². The minimum atomic E-state index is 0.390. The molecule has 1 aromatic heterocycles. The summed E-state index contributed by atoms with van der Waals surface area (Å²) >= 11 is 0. The second-order valence-corrected chi connectivity index (χ2v) is 4.53. The van der Waals surface area contributed by atoms with Crippen LogP contribution >= 0.6 is 0 Å². The molecule has 0 amide bonds. The first kappa shape index (κ1) is 12.9. The number of aromatic nitrogens is 2. The van der Waals surface area contributed by atoms with E-state index >= 15 is 0 Å². The number of rotatable bonds is 3. The van der Waals surface area contributed by atoms with Gasteiger partial charge in [-0.1, -0.05) is 46.2 Å². The molecule has 21 heavy (non-hydrogen) atoms. The molecular formula is C15H11N5O. The van der Waals surface area contributed by atoms with Crippen LogP contribution < -0.4 is 0 Å². The Bertz CT molecular complexity index is 833. The Hall–Kier alpha value is -3.11. The van der Waals surface area contributed by atoms with E-state index in [0.717, 1.165) is 11.1 Å². The maximum absolute atomic E-state index is 8.47. The zero-order valence-corrected chi connectivity index (χ0v) is 11.3. The maximum Gasteiger partial charge on any atom is 0.258 e. The van der Waals surface area contributed by atoms with Gasteiger partial charge in [-0.25, -0.2) is 0 Å². The summed E-state index contributed by atoms with van der Waals surface area (Å²) in [5.41, 5.74) is 11.7. The predicted molar refractivity (Wildman–Crippen MR) is 78.7 cm³/mol. The molecule has 2 aromatic carbocycles. The first-order valence-corrected chi connectivity index (χ1v) is 6.32. The van der Waals surface area contributed by atoms with E-state index in [0.29, 0.717) is 23.0 Å². The van der Waals surface area contributed by atoms with Gasteiger partial charge in [0.25, 0.3) is 5.89 Å². The Labute approximate surface area is 120 Å². The van der Waals surface area contributed by atoms with Crippen molar-refractivity contribution in [3.05, 3.63) is 64.5 Å². The van der Waals surface area contributed by atoms with E-state index in [1.807, 2.05) is 37.3 Å². The summed E-state index contributed by atoms with van der Waals surface area (Å²) in [7, 11) is 0. The topological polar surface area (TPSA) is 87.7 Å². The highest BCUT2D eigenvalue weighted by Gasteiger charge is 2.10. The van der Waals surface area contributed by atoms with E-state index in [1.54, 1.807) is 18.2 Å². The van der Waals surface area contributed by atoms with Crippen LogP contribution in [0.4, 0.5) is 5.69 Å². The molecule has 0 spiro atoms. The van der Waals surface area contributed by atoms with E-state index < -0.39 is 0 Å². The molecule has 0 unspecified atom stereocenters. The van der Waals surface area contributed by atoms with Crippen LogP contribution in [0.15, 0.2) is 58.2 Å². The largest absolute Gasteiger partial charge is 0.334 e. The molecule has 6 heteroatoms. The molecule has 0 aliphatic carbocycles. The second kappa shape index (κ2) is 5.48. The average Bonchev–Trinajstić information content (AvgIpc) is 2.98. The lowest BCUT2D eigenvalue weighted by molar-refractivity contribution is 0.432. The molecular weight excluding hydrogens is 266 g/mol. The number of nitrogens with zero attached hydrogens (tertiary/aromatic N) is 5. The lowest BCUT2D eigenvalue weighted by atomic mass is 10.1. The number of aryl methyl sites for hydroxylation is 1. The lowest BCUT2D eigenvalue weighted by Crippen LogP contribution is -1.82. The van der Waals surface area contributed by atoms with Gasteiger partial charge in [0.1, 0.15) is 0 Å². The van der Waals surface area contributed by atoms with Gasteiger partial charge in [0.05, 0.1) is 0 Å². The Balaban J connectivity index is 1.98. The van der Waals surface area contributed by atoms with Gasteiger partial charge in [0.15, 0.2) is 0 Å². The number of hydrogen-bond donors (Lipinski definition) is 0. The molecule has 0 aliphatic heterocycles. The predicted octanol–water partition coefficient (Wildman–Crippen LogP) is 4.65. The Kier molecular flexibility index (Phi) is 3.37. The lowest BCUT2D eigenvalue weighted by Gasteiger charge is -1.96. The minimum absolute atomic E-state index is 0.390. The van der Waals surface area contributed by atoms with E-state index in [2.05, 4.69) is 20.2 Å². The minimum Gasteiger partial charge on any atom is -0.334 e. The summed E-state index contributed by atoms with van der Waals surface area (Å²) in [4.78, 5) is 7.14. The van der Waals surface area contributed by atoms with Gasteiger partial charge >= 0.3 is 0 Å². The summed E-state index contributed by atoms with van der Waals surface area (Å²) in [6.07, 6.45) is 0. The summed E-state index contributed by atoms with van der Waals surface area (Å²) in [6.45, 7) is 2.01. The highest BCUT2D eigenvalue weighted by molar-refractivity contribution is 5.63. The number of benzene rings is 2. The van der Waals surface area contributed by atoms with Crippen molar-refractivity contribution in [1.82, 2.24) is 10.1 Å². The van der Waals surface area contributed by atoms with Crippen LogP contribution in [0.25, 0.3) is 33.3 Å². The second-order valence-electron chi connectivity index (χ2n) is 4.53. The van der Waals surface area contributed by atoms with Crippen molar-refractivity contribution in [3.63, 3.8) is 0 Å². The third kappa shape index (κ3) is 2.75. The molecule has 3 aromatic rings. The monoisotopic (exact) mass is 277 g/mol. The molecule has 0 fully saturated rings. The fourth-order valence-corrected chi connectivity index (χ4v) is 1.99. The Morgan fingerprint density at radius 2 is 1.90 bits per heavy atom. The molecule has 1 heterocycles. The van der Waals surface area contributed by atoms with Gasteiger partial charge in [0, 0.05) is 21.7 Å². The maximum atomic E-state index is 8.47. The first-order chi connectivity index (χ1) is 10.3. The number of azide groups is 1. The van der Waals surface area contributed by atoms with Crippen molar-refractivity contribution >= 4 is 5.69 Å². The van der Waals surface area contributed by atoms with Crippen LogP contribution in [-0.2, 0) is 0 Å². The number of hydrogen-bond acceptors (Lipinski definition) is 4. The van der Waals surface area contributed by atoms with E-state index in [4.69, 9.17) is 10.1 Å². The van der Waals surface area contributed by atoms with Crippen LogP contribution in [0.1, 0.15) is 5.56 Å². The van der Waals surface area contributed by atoms with Crippen LogP contribution in [0, 0.1) is 6.92 Å².